The molecule has 1 saturated carbocycles. The van der Waals surface area contributed by atoms with Gasteiger partial charge in [-0.2, -0.15) is 0 Å². The molecule has 2 atom stereocenters. The molecule has 1 spiro atoms. The highest BCUT2D eigenvalue weighted by molar-refractivity contribution is 6.23. The van der Waals surface area contributed by atoms with E-state index in [-0.39, 0.29) is 41.5 Å². The van der Waals surface area contributed by atoms with Gasteiger partial charge in [-0.15, -0.1) is 0 Å². The maximum Gasteiger partial charge on any atom is 0.262 e. The molecule has 1 aliphatic carbocycles. The Morgan fingerprint density at radius 2 is 1.57 bits per heavy atom. The number of piperidine rings is 1. The van der Waals surface area contributed by atoms with Crippen LogP contribution in [0.4, 0.5) is 11.6 Å². The average molecular weight is 784 g/mol. The fourth-order valence-electron chi connectivity index (χ4n) is 9.23. The fourth-order valence-corrected chi connectivity index (χ4v) is 9.23. The second-order valence-corrected chi connectivity index (χ2v) is 17.2. The Bertz CT molecular complexity index is 2260. The summed E-state index contributed by atoms with van der Waals surface area (Å²) in [7, 11) is 2.21. The summed E-state index contributed by atoms with van der Waals surface area (Å²) in [6, 6.07) is 22.7. The van der Waals surface area contributed by atoms with Crippen LogP contribution in [0.3, 0.4) is 0 Å². The number of carbonyl (C=O) groups is 4. The van der Waals surface area contributed by atoms with Crippen LogP contribution in [-0.2, 0) is 21.6 Å². The van der Waals surface area contributed by atoms with E-state index in [1.807, 2.05) is 36.5 Å². The first-order chi connectivity index (χ1) is 27.9. The molecule has 5 aliphatic rings. The van der Waals surface area contributed by atoms with E-state index >= 15 is 0 Å². The molecule has 3 saturated heterocycles. The number of nitrogens with one attached hydrogen (secondary N) is 2. The largest absolute Gasteiger partial charge is 0.490 e. The SMILES string of the molecule is CN1CCC2(CCN(c3nccc(COc4ccc(C(C)(C)c5ccc(OC6CC(Nc7ccc8c(c7)C(=O)N(C7CCC(=O)NC7=O)C8=O)C6)cc5)cc4)n3)C2)C1. The molecule has 4 aromatic rings. The highest BCUT2D eigenvalue weighted by Crippen LogP contribution is 2.40. The van der Waals surface area contributed by atoms with Crippen molar-refractivity contribution < 1.29 is 28.7 Å². The predicted molar refractivity (Wildman–Crippen MR) is 217 cm³/mol. The van der Waals surface area contributed by atoms with Crippen molar-refractivity contribution in [2.45, 2.75) is 82.6 Å². The molecular formula is C45H49N7O6. The zero-order valence-electron chi connectivity index (χ0n) is 33.2. The minimum Gasteiger partial charge on any atom is -0.490 e. The molecular weight excluding hydrogens is 735 g/mol. The Balaban J connectivity index is 0.746. The van der Waals surface area contributed by atoms with E-state index in [1.165, 1.54) is 30.5 Å². The van der Waals surface area contributed by atoms with Crippen LogP contribution in [0.15, 0.2) is 79.0 Å². The van der Waals surface area contributed by atoms with Gasteiger partial charge in [0.15, 0.2) is 0 Å². The van der Waals surface area contributed by atoms with Crippen LogP contribution >= 0.6 is 0 Å². The first-order valence-electron chi connectivity index (χ1n) is 20.3. The van der Waals surface area contributed by atoms with Gasteiger partial charge in [0.25, 0.3) is 11.8 Å². The highest BCUT2D eigenvalue weighted by Gasteiger charge is 2.45. The van der Waals surface area contributed by atoms with Gasteiger partial charge in [-0.3, -0.25) is 29.4 Å². The standard InChI is InChI=1S/C45H49N7O6/c1-44(2,28-4-9-33(10-5-28)57-25-31-16-19-46-43(48-31)51-21-18-45(27-51)17-20-50(3)26-45)29-6-11-34(12-7-29)58-35-22-32(23-35)47-30-8-13-36-37(24-30)42(56)52(41(36)55)38-14-15-39(53)49-40(38)54/h4-13,16,19,24,32,35,38,47H,14-15,17-18,20-23,25-27H2,1-3H3,(H,49,53,54). The third-order valence-corrected chi connectivity index (χ3v) is 12.8. The van der Waals surface area contributed by atoms with Crippen molar-refractivity contribution in [3.63, 3.8) is 0 Å². The number of likely N-dealkylation sites (tertiary alicyclic amines) is 1. The smallest absolute Gasteiger partial charge is 0.262 e. The van der Waals surface area contributed by atoms with Gasteiger partial charge in [0.1, 0.15) is 30.3 Å². The zero-order chi connectivity index (χ0) is 40.2. The number of benzene rings is 3. The third kappa shape index (κ3) is 7.27. The van der Waals surface area contributed by atoms with Crippen LogP contribution in [0, 0.1) is 5.41 Å². The summed E-state index contributed by atoms with van der Waals surface area (Å²) in [6.45, 7) is 9.13. The molecule has 0 bridgehead atoms. The summed E-state index contributed by atoms with van der Waals surface area (Å²) in [5, 5.41) is 5.68. The first kappa shape index (κ1) is 37.7. The number of amides is 4. The van der Waals surface area contributed by atoms with Gasteiger partial charge in [0.2, 0.25) is 17.8 Å². The number of hydrogen-bond donors (Lipinski definition) is 2. The third-order valence-electron chi connectivity index (χ3n) is 12.8. The Kier molecular flexibility index (Phi) is 9.66. The van der Waals surface area contributed by atoms with Crippen molar-refractivity contribution in [3.05, 3.63) is 107 Å². The van der Waals surface area contributed by atoms with E-state index in [9.17, 15) is 19.2 Å². The van der Waals surface area contributed by atoms with Gasteiger partial charge in [-0.05, 0) is 92.5 Å². The van der Waals surface area contributed by atoms with E-state index in [0.717, 1.165) is 66.2 Å². The number of fused-ring (bicyclic) bond motifs is 1. The van der Waals surface area contributed by atoms with Crippen molar-refractivity contribution in [1.82, 2.24) is 25.1 Å². The van der Waals surface area contributed by atoms with Crippen molar-refractivity contribution in [1.29, 1.82) is 0 Å². The maximum absolute atomic E-state index is 13.2. The molecule has 9 rings (SSSR count). The van der Waals surface area contributed by atoms with E-state index in [4.69, 9.17) is 14.5 Å². The second kappa shape index (κ2) is 14.8. The molecule has 0 radical (unpaired) electrons. The number of rotatable bonds is 11. The Labute approximate surface area is 338 Å². The lowest BCUT2D eigenvalue weighted by Gasteiger charge is -2.36. The summed E-state index contributed by atoms with van der Waals surface area (Å²) in [5.41, 5.74) is 4.58. The number of hydrogen-bond acceptors (Lipinski definition) is 11. The van der Waals surface area contributed by atoms with Gasteiger partial charge in [-0.1, -0.05) is 38.1 Å². The van der Waals surface area contributed by atoms with E-state index in [1.54, 1.807) is 18.2 Å². The molecule has 2 unspecified atom stereocenters. The molecule has 1 aromatic heterocycles. The lowest BCUT2D eigenvalue weighted by atomic mass is 9.78. The average Bonchev–Trinajstić information content (AvgIpc) is 3.87. The Hall–Kier alpha value is -5.82. The normalized spacial score (nSPS) is 24.6. The number of nitrogens with zero attached hydrogens (tertiary/aromatic N) is 5. The summed E-state index contributed by atoms with van der Waals surface area (Å²) >= 11 is 0. The second-order valence-electron chi connectivity index (χ2n) is 17.2. The topological polar surface area (TPSA) is 146 Å². The number of anilines is 2. The summed E-state index contributed by atoms with van der Waals surface area (Å²) in [4.78, 5) is 65.4. The molecule has 4 aliphatic heterocycles. The van der Waals surface area contributed by atoms with Crippen LogP contribution < -0.4 is 25.0 Å². The number of carbonyl (C=O) groups excluding carboxylic acids is 4. The van der Waals surface area contributed by atoms with Crippen molar-refractivity contribution in [2.75, 3.05) is 43.4 Å². The summed E-state index contributed by atoms with van der Waals surface area (Å²) in [5.74, 6) is 0.353. The van der Waals surface area contributed by atoms with Crippen LogP contribution in [0.2, 0.25) is 0 Å². The predicted octanol–water partition coefficient (Wildman–Crippen LogP) is 5.34. The summed E-state index contributed by atoms with van der Waals surface area (Å²) in [6.07, 6.45) is 6.09. The molecule has 5 heterocycles. The molecule has 3 aromatic carbocycles. The van der Waals surface area contributed by atoms with Crippen LogP contribution in [-0.4, -0.2) is 94.8 Å². The first-order valence-corrected chi connectivity index (χ1v) is 20.3. The monoisotopic (exact) mass is 783 g/mol. The molecule has 2 N–H and O–H groups in total. The minimum atomic E-state index is -0.985. The van der Waals surface area contributed by atoms with Gasteiger partial charge < -0.3 is 24.6 Å². The van der Waals surface area contributed by atoms with Gasteiger partial charge >= 0.3 is 0 Å². The maximum atomic E-state index is 13.2. The number of imide groups is 2. The molecule has 13 nitrogen and oxygen atoms in total. The van der Waals surface area contributed by atoms with Crippen LogP contribution in [0.1, 0.15) is 89.9 Å². The molecule has 4 fully saturated rings. The van der Waals surface area contributed by atoms with Crippen LogP contribution in [0.25, 0.3) is 0 Å². The number of aromatic nitrogens is 2. The van der Waals surface area contributed by atoms with E-state index in [0.29, 0.717) is 12.0 Å². The zero-order valence-corrected chi connectivity index (χ0v) is 33.2. The quantitative estimate of drug-likeness (QED) is 0.190. The molecule has 300 valence electrons. The Morgan fingerprint density at radius 3 is 2.28 bits per heavy atom. The van der Waals surface area contributed by atoms with Crippen molar-refractivity contribution in [3.8, 4) is 11.5 Å². The molecule has 4 amide bonds. The number of ether oxygens (including phenoxy) is 2. The Morgan fingerprint density at radius 1 is 0.862 bits per heavy atom. The lowest BCUT2D eigenvalue weighted by Crippen LogP contribution is -2.54. The van der Waals surface area contributed by atoms with Gasteiger partial charge in [0.05, 0.1) is 16.8 Å². The van der Waals surface area contributed by atoms with Crippen LogP contribution in [0.5, 0.6) is 11.5 Å². The summed E-state index contributed by atoms with van der Waals surface area (Å²) < 4.78 is 12.5. The lowest BCUT2D eigenvalue weighted by molar-refractivity contribution is -0.136. The highest BCUT2D eigenvalue weighted by atomic mass is 16.5. The minimum absolute atomic E-state index is 0.0463. The molecule has 13 heteroatoms. The molecule has 58 heavy (non-hydrogen) atoms. The fraction of sp³-hybridized carbons (Fsp3) is 0.422. The van der Waals surface area contributed by atoms with Gasteiger partial charge in [0, 0.05) is 67.7 Å². The van der Waals surface area contributed by atoms with Crippen molar-refractivity contribution >= 4 is 35.3 Å². The van der Waals surface area contributed by atoms with Gasteiger partial charge in [-0.25, -0.2) is 9.97 Å². The van der Waals surface area contributed by atoms with Crippen molar-refractivity contribution in [2.24, 2.45) is 5.41 Å². The van der Waals surface area contributed by atoms with E-state index < -0.39 is 29.7 Å². The van der Waals surface area contributed by atoms with E-state index in [2.05, 4.69) is 70.6 Å².